The molecule has 1 fully saturated rings. The Balaban J connectivity index is 1.90. The molecule has 0 spiro atoms. The first-order valence-corrected chi connectivity index (χ1v) is 10.1. The molecule has 0 unspecified atom stereocenters. The lowest BCUT2D eigenvalue weighted by atomic mass is 10.2. The van der Waals surface area contributed by atoms with Crippen molar-refractivity contribution in [3.63, 3.8) is 0 Å². The maximum Gasteiger partial charge on any atom is 0.407 e. The van der Waals surface area contributed by atoms with Crippen LogP contribution in [0.25, 0.3) is 0 Å². The van der Waals surface area contributed by atoms with Crippen molar-refractivity contribution in [3.05, 3.63) is 39.6 Å². The summed E-state index contributed by atoms with van der Waals surface area (Å²) in [5, 5.41) is 5.74. The average Bonchev–Trinajstić information content (AvgIpc) is 3.53. The van der Waals surface area contributed by atoms with Crippen molar-refractivity contribution in [2.24, 2.45) is 5.92 Å². The van der Waals surface area contributed by atoms with Gasteiger partial charge in [0.2, 0.25) is 5.88 Å². The minimum atomic E-state index is -0.476. The largest absolute Gasteiger partial charge is 0.481 e. The van der Waals surface area contributed by atoms with Crippen molar-refractivity contribution < 1.29 is 14.3 Å². The van der Waals surface area contributed by atoms with E-state index in [1.807, 2.05) is 33.8 Å². The van der Waals surface area contributed by atoms with E-state index in [1.165, 1.54) is 0 Å². The molecule has 1 aliphatic carbocycles. The monoisotopic (exact) mass is 415 g/mol. The van der Waals surface area contributed by atoms with E-state index in [0.717, 1.165) is 18.4 Å². The quantitative estimate of drug-likeness (QED) is 0.682. The molecule has 3 rings (SSSR count). The highest BCUT2D eigenvalue weighted by Crippen LogP contribution is 2.39. The van der Waals surface area contributed by atoms with Gasteiger partial charge in [0.1, 0.15) is 6.61 Å². The Labute approximate surface area is 175 Å². The van der Waals surface area contributed by atoms with Gasteiger partial charge in [0.05, 0.1) is 30.2 Å². The number of aromatic nitrogens is 3. The topological polar surface area (TPSA) is 107 Å². The van der Waals surface area contributed by atoms with Crippen LogP contribution in [0.1, 0.15) is 42.8 Å². The van der Waals surface area contributed by atoms with Gasteiger partial charge in [0.25, 0.3) is 5.56 Å². The maximum absolute atomic E-state index is 13.2. The van der Waals surface area contributed by atoms with Crippen LogP contribution in [-0.2, 0) is 4.74 Å². The minimum Gasteiger partial charge on any atom is -0.481 e. The van der Waals surface area contributed by atoms with E-state index in [4.69, 9.17) is 9.47 Å². The number of hydrogen-bond acceptors (Lipinski definition) is 7. The summed E-state index contributed by atoms with van der Waals surface area (Å²) in [5.74, 6) is 1.07. The Hall–Kier alpha value is -3.10. The van der Waals surface area contributed by atoms with Crippen LogP contribution in [0.5, 0.6) is 5.88 Å². The van der Waals surface area contributed by atoms with E-state index in [9.17, 15) is 9.59 Å². The van der Waals surface area contributed by atoms with Crippen molar-refractivity contribution in [1.82, 2.24) is 19.9 Å². The van der Waals surface area contributed by atoms with Crippen LogP contribution in [0.2, 0.25) is 0 Å². The highest BCUT2D eigenvalue weighted by molar-refractivity contribution is 5.67. The van der Waals surface area contributed by atoms with Gasteiger partial charge in [-0.05, 0) is 52.5 Å². The Morgan fingerprint density at radius 2 is 2.03 bits per heavy atom. The number of amides is 1. The summed E-state index contributed by atoms with van der Waals surface area (Å²) < 4.78 is 12.2. The number of pyridine rings is 1. The highest BCUT2D eigenvalue weighted by atomic mass is 16.5. The van der Waals surface area contributed by atoms with Crippen LogP contribution >= 0.6 is 0 Å². The number of nitrogens with one attached hydrogen (secondary N) is 2. The zero-order valence-electron chi connectivity index (χ0n) is 18.1. The molecule has 2 aromatic heterocycles. The van der Waals surface area contributed by atoms with Gasteiger partial charge in [-0.15, -0.1) is 0 Å². The van der Waals surface area contributed by atoms with E-state index < -0.39 is 6.09 Å². The van der Waals surface area contributed by atoms with Gasteiger partial charge in [0.15, 0.2) is 5.82 Å². The van der Waals surface area contributed by atoms with Crippen LogP contribution in [0.15, 0.2) is 17.1 Å². The Morgan fingerprint density at radius 1 is 1.30 bits per heavy atom. The standard InChI is InChI=1S/C21H29N5O4/c1-6-22-21(28)30-11-17(15-7-8-15)26-10-13(3)23-18(20(26)27)25-16-9-12(2)19(29-5)24-14(16)4/h9-10,15,17H,6-8,11H2,1-5H3,(H,22,28)(H,23,25)/t17-/m1/s1. The molecule has 2 N–H and O–H groups in total. The van der Waals surface area contributed by atoms with Crippen molar-refractivity contribution >= 4 is 17.6 Å². The lowest BCUT2D eigenvalue weighted by molar-refractivity contribution is 0.123. The van der Waals surface area contributed by atoms with Gasteiger partial charge in [-0.3, -0.25) is 4.79 Å². The van der Waals surface area contributed by atoms with E-state index in [-0.39, 0.29) is 24.0 Å². The predicted octanol–water partition coefficient (Wildman–Crippen LogP) is 3.01. The number of carbonyl (C=O) groups is 1. The first-order valence-electron chi connectivity index (χ1n) is 10.1. The van der Waals surface area contributed by atoms with Crippen molar-refractivity contribution in [3.8, 4) is 5.88 Å². The van der Waals surface area contributed by atoms with Crippen LogP contribution < -0.4 is 20.9 Å². The third kappa shape index (κ3) is 4.90. The van der Waals surface area contributed by atoms with E-state index in [0.29, 0.717) is 35.4 Å². The molecule has 1 atom stereocenters. The van der Waals surface area contributed by atoms with Crippen molar-refractivity contribution in [1.29, 1.82) is 0 Å². The second kappa shape index (κ2) is 9.15. The molecule has 30 heavy (non-hydrogen) atoms. The molecular formula is C21H29N5O4. The van der Waals surface area contributed by atoms with E-state index in [1.54, 1.807) is 17.9 Å². The fourth-order valence-corrected chi connectivity index (χ4v) is 3.39. The molecule has 0 aromatic carbocycles. The SMILES string of the molecule is CCNC(=O)OC[C@H](C1CC1)n1cc(C)nc(Nc2cc(C)c(OC)nc2C)c1=O. The van der Waals surface area contributed by atoms with Crippen LogP contribution in [0, 0.1) is 26.7 Å². The van der Waals surface area contributed by atoms with Crippen molar-refractivity contribution in [2.45, 2.75) is 46.6 Å². The second-order valence-corrected chi connectivity index (χ2v) is 7.55. The average molecular weight is 415 g/mol. The Morgan fingerprint density at radius 3 is 2.67 bits per heavy atom. The normalized spacial score (nSPS) is 14.2. The summed E-state index contributed by atoms with van der Waals surface area (Å²) >= 11 is 0. The van der Waals surface area contributed by atoms with Crippen LogP contribution in [0.3, 0.4) is 0 Å². The van der Waals surface area contributed by atoms with Gasteiger partial charge >= 0.3 is 6.09 Å². The second-order valence-electron chi connectivity index (χ2n) is 7.55. The number of alkyl carbamates (subject to hydrolysis) is 1. The van der Waals surface area contributed by atoms with Crippen molar-refractivity contribution in [2.75, 3.05) is 25.6 Å². The van der Waals surface area contributed by atoms with Gasteiger partial charge in [-0.25, -0.2) is 14.8 Å². The molecule has 1 amide bonds. The summed E-state index contributed by atoms with van der Waals surface area (Å²) in [4.78, 5) is 33.8. The Bertz CT molecular complexity index is 984. The summed E-state index contributed by atoms with van der Waals surface area (Å²) in [6.07, 6.45) is 3.25. The predicted molar refractivity (Wildman–Crippen MR) is 114 cm³/mol. The van der Waals surface area contributed by atoms with Gasteiger partial charge in [0, 0.05) is 18.3 Å². The third-order valence-electron chi connectivity index (χ3n) is 5.08. The number of methoxy groups -OCH3 is 1. The molecule has 9 heteroatoms. The number of anilines is 2. The maximum atomic E-state index is 13.2. The summed E-state index contributed by atoms with van der Waals surface area (Å²) in [6.45, 7) is 8.02. The summed E-state index contributed by atoms with van der Waals surface area (Å²) in [6, 6.07) is 1.66. The number of aryl methyl sites for hydroxylation is 3. The molecule has 2 heterocycles. The number of rotatable bonds is 8. The number of ether oxygens (including phenoxy) is 2. The highest BCUT2D eigenvalue weighted by Gasteiger charge is 2.34. The first kappa shape index (κ1) is 21.6. The molecule has 1 aliphatic rings. The first-order chi connectivity index (χ1) is 14.3. The molecule has 2 aromatic rings. The third-order valence-corrected chi connectivity index (χ3v) is 5.08. The molecular weight excluding hydrogens is 386 g/mol. The molecule has 162 valence electrons. The minimum absolute atomic E-state index is 0.140. The number of carbonyl (C=O) groups excluding carboxylic acids is 1. The molecule has 0 saturated heterocycles. The molecule has 0 aliphatic heterocycles. The van der Waals surface area contributed by atoms with Crippen LogP contribution in [-0.4, -0.2) is 40.9 Å². The fourth-order valence-electron chi connectivity index (χ4n) is 3.39. The zero-order chi connectivity index (χ0) is 21.8. The number of hydrogen-bond donors (Lipinski definition) is 2. The van der Waals surface area contributed by atoms with E-state index >= 15 is 0 Å². The lowest BCUT2D eigenvalue weighted by Crippen LogP contribution is -2.33. The van der Waals surface area contributed by atoms with Crippen LogP contribution in [0.4, 0.5) is 16.3 Å². The summed E-state index contributed by atoms with van der Waals surface area (Å²) in [5.41, 5.74) is 2.67. The van der Waals surface area contributed by atoms with E-state index in [2.05, 4.69) is 20.6 Å². The fraction of sp³-hybridized carbons (Fsp3) is 0.524. The molecule has 0 bridgehead atoms. The number of nitrogens with zero attached hydrogens (tertiary/aromatic N) is 3. The molecule has 0 radical (unpaired) electrons. The lowest BCUT2D eigenvalue weighted by Gasteiger charge is -2.21. The van der Waals surface area contributed by atoms with Gasteiger partial charge < -0.3 is 24.7 Å². The smallest absolute Gasteiger partial charge is 0.407 e. The zero-order valence-corrected chi connectivity index (χ0v) is 18.1. The summed E-state index contributed by atoms with van der Waals surface area (Å²) in [7, 11) is 1.57. The van der Waals surface area contributed by atoms with Gasteiger partial charge in [-0.2, -0.15) is 0 Å². The Kier molecular flexibility index (Phi) is 6.59. The molecule has 1 saturated carbocycles. The molecule has 9 nitrogen and oxygen atoms in total. The van der Waals surface area contributed by atoms with Gasteiger partial charge in [-0.1, -0.05) is 0 Å².